The van der Waals surface area contributed by atoms with Crippen LogP contribution < -0.4 is 10.5 Å². The molecule has 1 aromatic rings. The van der Waals surface area contributed by atoms with Crippen LogP contribution >= 0.6 is 0 Å². The first-order valence-corrected chi connectivity index (χ1v) is 8.96. The van der Waals surface area contributed by atoms with Crippen LogP contribution in [0, 0.1) is 0 Å². The summed E-state index contributed by atoms with van der Waals surface area (Å²) in [5, 5.41) is 4.04. The van der Waals surface area contributed by atoms with E-state index in [1.165, 1.54) is 6.20 Å². The number of sulfonamides is 1. The van der Waals surface area contributed by atoms with Gasteiger partial charge in [-0.25, -0.2) is 13.1 Å². The zero-order chi connectivity index (χ0) is 15.7. The Labute approximate surface area is 127 Å². The van der Waals surface area contributed by atoms with Crippen molar-refractivity contribution >= 4 is 10.0 Å². The molecule has 0 fully saturated rings. The fraction of sp³-hybridized carbons (Fsp3) is 0.769. The van der Waals surface area contributed by atoms with E-state index < -0.39 is 10.0 Å². The van der Waals surface area contributed by atoms with Crippen molar-refractivity contribution in [2.24, 2.45) is 5.73 Å². The molecule has 0 bridgehead atoms. The van der Waals surface area contributed by atoms with E-state index in [2.05, 4.69) is 28.6 Å². The molecule has 1 heterocycles. The predicted octanol–water partition coefficient (Wildman–Crippen LogP) is 0.242. The lowest BCUT2D eigenvalue weighted by atomic mass is 10.4. The van der Waals surface area contributed by atoms with Crippen LogP contribution in [0.25, 0.3) is 0 Å². The summed E-state index contributed by atoms with van der Waals surface area (Å²) in [5.41, 5.74) is 5.42. The third-order valence-corrected chi connectivity index (χ3v) is 4.63. The van der Waals surface area contributed by atoms with Crippen molar-refractivity contribution in [2.75, 3.05) is 32.7 Å². The Hall–Kier alpha value is -0.960. The van der Waals surface area contributed by atoms with E-state index in [0.717, 1.165) is 25.9 Å². The highest BCUT2D eigenvalue weighted by Gasteiger charge is 2.16. The molecule has 1 aromatic heterocycles. The van der Waals surface area contributed by atoms with E-state index in [-0.39, 0.29) is 4.90 Å². The van der Waals surface area contributed by atoms with E-state index in [1.807, 2.05) is 0 Å². The monoisotopic (exact) mass is 317 g/mol. The van der Waals surface area contributed by atoms with Crippen LogP contribution in [0.4, 0.5) is 0 Å². The molecule has 0 unspecified atom stereocenters. The second-order valence-corrected chi connectivity index (χ2v) is 6.68. The normalized spacial score (nSPS) is 12.2. The third kappa shape index (κ3) is 6.13. The van der Waals surface area contributed by atoms with Crippen LogP contribution in [-0.2, 0) is 16.6 Å². The molecule has 0 amide bonds. The standard InChI is InChI=1S/C13H27N5O2S/c1-3-8-17(4-2)10-7-16-21(19,20)13-11-15-18(12-13)9-5-6-14/h11-12,16H,3-10,14H2,1-2H3. The van der Waals surface area contributed by atoms with Gasteiger partial charge in [0.1, 0.15) is 4.90 Å². The molecule has 0 saturated heterocycles. The largest absolute Gasteiger partial charge is 0.330 e. The van der Waals surface area contributed by atoms with E-state index in [0.29, 0.717) is 26.2 Å². The zero-order valence-electron chi connectivity index (χ0n) is 13.0. The molecule has 3 N–H and O–H groups in total. The van der Waals surface area contributed by atoms with Crippen molar-refractivity contribution < 1.29 is 8.42 Å². The second kappa shape index (κ2) is 9.14. The van der Waals surface area contributed by atoms with Crippen molar-refractivity contribution in [3.63, 3.8) is 0 Å². The highest BCUT2D eigenvalue weighted by atomic mass is 32.2. The Kier molecular flexibility index (Phi) is 7.87. The molecule has 7 nitrogen and oxygen atoms in total. The SMILES string of the molecule is CCCN(CC)CCNS(=O)(=O)c1cnn(CCCN)c1. The molecule has 0 radical (unpaired) electrons. The first-order valence-electron chi connectivity index (χ1n) is 7.48. The Bertz CT molecular complexity index is 500. The van der Waals surface area contributed by atoms with Gasteiger partial charge in [0.25, 0.3) is 0 Å². The summed E-state index contributed by atoms with van der Waals surface area (Å²) in [6.07, 6.45) is 4.76. The minimum Gasteiger partial charge on any atom is -0.330 e. The fourth-order valence-corrected chi connectivity index (χ4v) is 3.00. The molecule has 8 heteroatoms. The summed E-state index contributed by atoms with van der Waals surface area (Å²) in [4.78, 5) is 2.42. The topological polar surface area (TPSA) is 93.2 Å². The number of hydrogen-bond acceptors (Lipinski definition) is 5. The van der Waals surface area contributed by atoms with Crippen LogP contribution in [0.5, 0.6) is 0 Å². The zero-order valence-corrected chi connectivity index (χ0v) is 13.8. The molecule has 0 saturated carbocycles. The van der Waals surface area contributed by atoms with E-state index in [9.17, 15) is 8.42 Å². The molecule has 0 aromatic carbocycles. The van der Waals surface area contributed by atoms with Gasteiger partial charge in [-0.15, -0.1) is 0 Å². The fourth-order valence-electron chi connectivity index (χ4n) is 2.02. The van der Waals surface area contributed by atoms with Gasteiger partial charge in [0.2, 0.25) is 10.0 Å². The Morgan fingerprint density at radius 1 is 1.38 bits per heavy atom. The minimum absolute atomic E-state index is 0.207. The molecule has 0 spiro atoms. The first-order chi connectivity index (χ1) is 10.0. The van der Waals surface area contributed by atoms with Crippen LogP contribution in [-0.4, -0.2) is 55.8 Å². The molecular formula is C13H27N5O2S. The van der Waals surface area contributed by atoms with Gasteiger partial charge >= 0.3 is 0 Å². The summed E-state index contributed by atoms with van der Waals surface area (Å²) >= 11 is 0. The van der Waals surface area contributed by atoms with Crippen LogP contribution in [0.1, 0.15) is 26.7 Å². The molecule has 0 aliphatic carbocycles. The molecular weight excluding hydrogens is 290 g/mol. The number of hydrogen-bond donors (Lipinski definition) is 2. The molecule has 0 aliphatic heterocycles. The number of rotatable bonds is 11. The second-order valence-electron chi connectivity index (χ2n) is 4.91. The minimum atomic E-state index is -3.47. The smallest absolute Gasteiger partial charge is 0.243 e. The summed E-state index contributed by atoms with van der Waals surface area (Å²) in [6, 6.07) is 0. The summed E-state index contributed by atoms with van der Waals surface area (Å²) < 4.78 is 28.5. The van der Waals surface area contributed by atoms with Gasteiger partial charge in [-0.1, -0.05) is 13.8 Å². The third-order valence-electron chi connectivity index (χ3n) is 3.22. The first kappa shape index (κ1) is 18.1. The van der Waals surface area contributed by atoms with Crippen molar-refractivity contribution in [2.45, 2.75) is 38.1 Å². The summed E-state index contributed by atoms with van der Waals surface area (Å²) in [6.45, 7) is 8.40. The van der Waals surface area contributed by atoms with Crippen molar-refractivity contribution in [3.05, 3.63) is 12.4 Å². The number of aromatic nitrogens is 2. The van der Waals surface area contributed by atoms with Crippen molar-refractivity contribution in [3.8, 4) is 0 Å². The highest BCUT2D eigenvalue weighted by Crippen LogP contribution is 2.07. The van der Waals surface area contributed by atoms with Crippen LogP contribution in [0.2, 0.25) is 0 Å². The van der Waals surface area contributed by atoms with Gasteiger partial charge < -0.3 is 10.6 Å². The van der Waals surface area contributed by atoms with Crippen LogP contribution in [0.15, 0.2) is 17.3 Å². The molecule has 0 aliphatic rings. The molecule has 0 atom stereocenters. The maximum absolute atomic E-state index is 12.1. The molecule has 122 valence electrons. The lowest BCUT2D eigenvalue weighted by Crippen LogP contribution is -2.35. The number of nitrogens with one attached hydrogen (secondary N) is 1. The highest BCUT2D eigenvalue weighted by molar-refractivity contribution is 7.89. The quantitative estimate of drug-likeness (QED) is 0.610. The van der Waals surface area contributed by atoms with Gasteiger partial charge in [-0.3, -0.25) is 4.68 Å². The number of aryl methyl sites for hydroxylation is 1. The molecule has 21 heavy (non-hydrogen) atoms. The Morgan fingerprint density at radius 3 is 2.76 bits per heavy atom. The van der Waals surface area contributed by atoms with Crippen LogP contribution in [0.3, 0.4) is 0 Å². The van der Waals surface area contributed by atoms with Gasteiger partial charge in [0.05, 0.1) is 6.20 Å². The predicted molar refractivity (Wildman–Crippen MR) is 83.5 cm³/mol. The summed E-state index contributed by atoms with van der Waals surface area (Å²) in [5.74, 6) is 0. The maximum atomic E-state index is 12.1. The molecule has 1 rings (SSSR count). The average Bonchev–Trinajstić information content (AvgIpc) is 2.93. The van der Waals surface area contributed by atoms with Gasteiger partial charge in [-0.05, 0) is 32.5 Å². The van der Waals surface area contributed by atoms with Gasteiger partial charge in [0.15, 0.2) is 0 Å². The Morgan fingerprint density at radius 2 is 2.14 bits per heavy atom. The Balaban J connectivity index is 2.51. The van der Waals surface area contributed by atoms with Gasteiger partial charge in [-0.2, -0.15) is 5.10 Å². The average molecular weight is 317 g/mol. The van der Waals surface area contributed by atoms with Crippen molar-refractivity contribution in [1.29, 1.82) is 0 Å². The van der Waals surface area contributed by atoms with E-state index in [4.69, 9.17) is 5.73 Å². The maximum Gasteiger partial charge on any atom is 0.243 e. The number of likely N-dealkylation sites (N-methyl/N-ethyl adjacent to an activating group) is 1. The summed E-state index contributed by atoms with van der Waals surface area (Å²) in [7, 11) is -3.47. The number of nitrogens with zero attached hydrogens (tertiary/aromatic N) is 3. The van der Waals surface area contributed by atoms with E-state index in [1.54, 1.807) is 10.9 Å². The lowest BCUT2D eigenvalue weighted by Gasteiger charge is -2.19. The number of nitrogens with two attached hydrogens (primary N) is 1. The van der Waals surface area contributed by atoms with Crippen molar-refractivity contribution in [1.82, 2.24) is 19.4 Å². The lowest BCUT2D eigenvalue weighted by molar-refractivity contribution is 0.293. The van der Waals surface area contributed by atoms with E-state index >= 15 is 0 Å². The van der Waals surface area contributed by atoms with Gasteiger partial charge in [0, 0.05) is 25.8 Å².